The summed E-state index contributed by atoms with van der Waals surface area (Å²) in [5.74, 6) is 0. The molecule has 0 fully saturated rings. The van der Waals surface area contributed by atoms with Gasteiger partial charge in [-0.25, -0.2) is 4.98 Å². The highest BCUT2D eigenvalue weighted by atomic mass is 35.5. The lowest BCUT2D eigenvalue weighted by Crippen LogP contribution is -2.14. The fraction of sp³-hybridized carbons (Fsp3) is 0.267. The Balaban J connectivity index is 2.23. The molecule has 0 saturated carbocycles. The number of hydrogen-bond donors (Lipinski definition) is 0. The minimum Gasteiger partial charge on any atom is -0.298 e. The van der Waals surface area contributed by atoms with Gasteiger partial charge in [0.05, 0.1) is 21.5 Å². The Labute approximate surface area is 131 Å². The van der Waals surface area contributed by atoms with Crippen LogP contribution in [0, 0.1) is 0 Å². The summed E-state index contributed by atoms with van der Waals surface area (Å²) in [6, 6.07) is 7.84. The highest BCUT2D eigenvalue weighted by Gasteiger charge is 2.27. The van der Waals surface area contributed by atoms with Crippen LogP contribution >= 0.6 is 22.9 Å². The van der Waals surface area contributed by atoms with E-state index in [1.807, 2.05) is 45.0 Å². The first-order valence-corrected chi connectivity index (χ1v) is 7.71. The Morgan fingerprint density at radius 2 is 2.00 bits per heavy atom. The van der Waals surface area contributed by atoms with Crippen molar-refractivity contribution in [1.29, 1.82) is 0 Å². The topological polar surface area (TPSA) is 47.8 Å². The highest BCUT2D eigenvalue weighted by molar-refractivity contribution is 7.20. The lowest BCUT2D eigenvalue weighted by molar-refractivity contribution is 0.112. The summed E-state index contributed by atoms with van der Waals surface area (Å²) >= 11 is 7.83. The maximum atomic E-state index is 11.4. The van der Waals surface area contributed by atoms with Gasteiger partial charge in [-0.15, -0.1) is 0 Å². The molecular weight excluding hydrogens is 306 g/mol. The average Bonchev–Trinajstić information content (AvgIpc) is 2.98. The van der Waals surface area contributed by atoms with E-state index in [0.717, 1.165) is 16.5 Å². The zero-order valence-corrected chi connectivity index (χ0v) is 13.5. The molecule has 2 heterocycles. The number of aldehydes is 1. The number of rotatable bonds is 2. The quantitative estimate of drug-likeness (QED) is 0.664. The number of halogens is 1. The van der Waals surface area contributed by atoms with Gasteiger partial charge in [0.1, 0.15) is 5.15 Å². The van der Waals surface area contributed by atoms with Crippen LogP contribution in [0.4, 0.5) is 0 Å². The number of aromatic nitrogens is 3. The molecule has 0 spiro atoms. The van der Waals surface area contributed by atoms with E-state index in [-0.39, 0.29) is 5.41 Å². The summed E-state index contributed by atoms with van der Waals surface area (Å²) < 4.78 is 2.61. The molecule has 2 aromatic heterocycles. The third-order valence-electron chi connectivity index (χ3n) is 3.16. The van der Waals surface area contributed by atoms with Crippen LogP contribution in [0.1, 0.15) is 36.8 Å². The number of para-hydroxylation sites is 1. The van der Waals surface area contributed by atoms with E-state index in [9.17, 15) is 4.79 Å². The molecule has 1 aromatic carbocycles. The molecule has 3 aromatic rings. The first kappa shape index (κ1) is 14.2. The molecular formula is C15H14ClN3OS. The van der Waals surface area contributed by atoms with Gasteiger partial charge in [0.2, 0.25) is 5.13 Å². The standard InChI is InChI=1S/C15H14ClN3OS/c1-15(2,3)12-9(8-20)13(16)19(18-12)14-17-10-6-4-5-7-11(10)21-14/h4-8H,1-3H3. The molecule has 0 aliphatic carbocycles. The second kappa shape index (κ2) is 4.93. The molecule has 0 saturated heterocycles. The maximum absolute atomic E-state index is 11.4. The molecule has 3 rings (SSSR count). The molecule has 0 bridgehead atoms. The molecule has 4 nitrogen and oxygen atoms in total. The summed E-state index contributed by atoms with van der Waals surface area (Å²) in [6.07, 6.45) is 0.764. The van der Waals surface area contributed by atoms with Gasteiger partial charge in [-0.05, 0) is 12.1 Å². The van der Waals surface area contributed by atoms with Gasteiger partial charge >= 0.3 is 0 Å². The zero-order valence-electron chi connectivity index (χ0n) is 11.9. The molecule has 0 radical (unpaired) electrons. The van der Waals surface area contributed by atoms with Crippen LogP contribution in [0.5, 0.6) is 0 Å². The summed E-state index contributed by atoms with van der Waals surface area (Å²) in [4.78, 5) is 15.9. The third-order valence-corrected chi connectivity index (χ3v) is 4.53. The van der Waals surface area contributed by atoms with Crippen molar-refractivity contribution < 1.29 is 4.79 Å². The van der Waals surface area contributed by atoms with Crippen molar-refractivity contribution in [3.05, 3.63) is 40.7 Å². The highest BCUT2D eigenvalue weighted by Crippen LogP contribution is 2.32. The van der Waals surface area contributed by atoms with Crippen LogP contribution in [0.3, 0.4) is 0 Å². The molecule has 0 atom stereocenters. The molecule has 0 N–H and O–H groups in total. The van der Waals surface area contributed by atoms with Gasteiger partial charge < -0.3 is 0 Å². The van der Waals surface area contributed by atoms with E-state index in [4.69, 9.17) is 11.6 Å². The smallest absolute Gasteiger partial charge is 0.212 e. The van der Waals surface area contributed by atoms with Crippen molar-refractivity contribution in [3.8, 4) is 5.13 Å². The van der Waals surface area contributed by atoms with Gasteiger partial charge in [0, 0.05) is 5.41 Å². The van der Waals surface area contributed by atoms with E-state index in [2.05, 4.69) is 10.1 Å². The number of carbonyl (C=O) groups is 1. The number of fused-ring (bicyclic) bond motifs is 1. The minimum absolute atomic E-state index is 0.262. The molecule has 0 aliphatic heterocycles. The Hall–Kier alpha value is -1.72. The van der Waals surface area contributed by atoms with E-state index < -0.39 is 0 Å². The molecule has 0 amide bonds. The fourth-order valence-corrected chi connectivity index (χ4v) is 3.37. The summed E-state index contributed by atoms with van der Waals surface area (Å²) in [5, 5.41) is 5.50. The molecule has 21 heavy (non-hydrogen) atoms. The zero-order chi connectivity index (χ0) is 15.2. The maximum Gasteiger partial charge on any atom is 0.212 e. The molecule has 6 heteroatoms. The largest absolute Gasteiger partial charge is 0.298 e. The minimum atomic E-state index is -0.262. The lowest BCUT2D eigenvalue weighted by Gasteiger charge is -2.15. The summed E-state index contributed by atoms with van der Waals surface area (Å²) in [6.45, 7) is 6.00. The van der Waals surface area contributed by atoms with Crippen LogP contribution in [0.2, 0.25) is 5.15 Å². The normalized spacial score (nSPS) is 12.0. The van der Waals surface area contributed by atoms with E-state index in [1.165, 1.54) is 11.3 Å². The van der Waals surface area contributed by atoms with Gasteiger partial charge in [-0.2, -0.15) is 9.78 Å². The number of benzene rings is 1. The van der Waals surface area contributed by atoms with Gasteiger partial charge in [-0.1, -0.05) is 55.8 Å². The Morgan fingerprint density at radius 1 is 1.29 bits per heavy atom. The number of nitrogens with zero attached hydrogens (tertiary/aromatic N) is 3. The number of hydrogen-bond acceptors (Lipinski definition) is 4. The first-order valence-electron chi connectivity index (χ1n) is 6.52. The predicted octanol–water partition coefficient (Wildman–Crippen LogP) is 4.25. The second-order valence-electron chi connectivity index (χ2n) is 5.80. The Kier molecular flexibility index (Phi) is 3.34. The summed E-state index contributed by atoms with van der Waals surface area (Å²) in [5.41, 5.74) is 1.75. The van der Waals surface area contributed by atoms with Crippen molar-refractivity contribution in [3.63, 3.8) is 0 Å². The van der Waals surface area contributed by atoms with Crippen molar-refractivity contribution in [2.75, 3.05) is 0 Å². The van der Waals surface area contributed by atoms with Crippen molar-refractivity contribution in [1.82, 2.24) is 14.8 Å². The van der Waals surface area contributed by atoms with Crippen molar-refractivity contribution >= 4 is 39.4 Å². The van der Waals surface area contributed by atoms with Crippen LogP contribution in [-0.2, 0) is 5.41 Å². The van der Waals surface area contributed by atoms with E-state index in [1.54, 1.807) is 4.68 Å². The van der Waals surface area contributed by atoms with Crippen LogP contribution in [-0.4, -0.2) is 21.1 Å². The first-order chi connectivity index (χ1) is 9.91. The number of carbonyl (C=O) groups excluding carboxylic acids is 1. The second-order valence-corrected chi connectivity index (χ2v) is 7.16. The molecule has 0 unspecified atom stereocenters. The monoisotopic (exact) mass is 319 g/mol. The van der Waals surface area contributed by atoms with Crippen molar-refractivity contribution in [2.24, 2.45) is 0 Å². The van der Waals surface area contributed by atoms with E-state index >= 15 is 0 Å². The fourth-order valence-electron chi connectivity index (χ4n) is 2.15. The van der Waals surface area contributed by atoms with Crippen LogP contribution in [0.15, 0.2) is 24.3 Å². The molecule has 108 valence electrons. The van der Waals surface area contributed by atoms with Gasteiger partial charge in [0.25, 0.3) is 0 Å². The lowest BCUT2D eigenvalue weighted by atomic mass is 9.90. The Morgan fingerprint density at radius 3 is 2.57 bits per heavy atom. The SMILES string of the molecule is CC(C)(C)c1nn(-c2nc3ccccc3s2)c(Cl)c1C=O. The predicted molar refractivity (Wildman–Crippen MR) is 85.8 cm³/mol. The van der Waals surface area contributed by atoms with Gasteiger partial charge in [-0.3, -0.25) is 4.79 Å². The van der Waals surface area contributed by atoms with Crippen LogP contribution in [0.25, 0.3) is 15.3 Å². The average molecular weight is 320 g/mol. The number of thiazole rings is 1. The van der Waals surface area contributed by atoms with Gasteiger partial charge in [0.15, 0.2) is 6.29 Å². The Bertz CT molecular complexity index is 796. The summed E-state index contributed by atoms with van der Waals surface area (Å²) in [7, 11) is 0. The van der Waals surface area contributed by atoms with Crippen LogP contribution < -0.4 is 0 Å². The third kappa shape index (κ3) is 2.36. The van der Waals surface area contributed by atoms with E-state index in [0.29, 0.717) is 21.5 Å². The molecule has 0 aliphatic rings. The van der Waals surface area contributed by atoms with Crippen molar-refractivity contribution in [2.45, 2.75) is 26.2 Å².